The number of esters is 1. The molecule has 8 unspecified atom stereocenters. The van der Waals surface area contributed by atoms with Gasteiger partial charge in [0, 0.05) is 11.5 Å². The molecule has 12 nitrogen and oxygen atoms in total. The quantitative estimate of drug-likeness (QED) is 0.226. The highest BCUT2D eigenvalue weighted by Gasteiger charge is 2.65. The number of fused-ring (bicyclic) bond motifs is 1. The summed E-state index contributed by atoms with van der Waals surface area (Å²) >= 11 is 0. The van der Waals surface area contributed by atoms with E-state index in [0.29, 0.717) is 12.5 Å². The maximum Gasteiger partial charge on any atom is 0.331 e. The third kappa shape index (κ3) is 5.68. The molecule has 3 saturated carbocycles. The monoisotopic (exact) mass is 653 g/mol. The van der Waals surface area contributed by atoms with Crippen molar-refractivity contribution in [1.29, 1.82) is 0 Å². The zero-order chi connectivity index (χ0) is 33.3. The second-order valence-electron chi connectivity index (χ2n) is 15.7. The largest absolute Gasteiger partial charge is 0.458 e. The second kappa shape index (κ2) is 12.6. The van der Waals surface area contributed by atoms with Crippen molar-refractivity contribution >= 4 is 5.97 Å². The molecule has 262 valence electrons. The number of rotatable bonds is 6. The zero-order valence-electron chi connectivity index (χ0n) is 27.8. The van der Waals surface area contributed by atoms with Crippen LogP contribution in [0, 0.1) is 28.6 Å². The van der Waals surface area contributed by atoms with Crippen LogP contribution in [0.1, 0.15) is 86.0 Å². The van der Waals surface area contributed by atoms with Crippen LogP contribution in [0.2, 0.25) is 0 Å². The van der Waals surface area contributed by atoms with Crippen LogP contribution in [0.5, 0.6) is 0 Å². The number of hydrogen-bond donors (Lipinski definition) is 6. The maximum atomic E-state index is 12.3. The highest BCUT2D eigenvalue weighted by Crippen LogP contribution is 2.66. The third-order valence-corrected chi connectivity index (χ3v) is 13.3. The van der Waals surface area contributed by atoms with Crippen molar-refractivity contribution in [2.75, 3.05) is 6.61 Å². The number of ether oxygens (including phenoxy) is 5. The average Bonchev–Trinajstić information content (AvgIpc) is 3.56. The van der Waals surface area contributed by atoms with Gasteiger partial charge in [0.1, 0.15) is 37.1 Å². The Morgan fingerprint density at radius 1 is 0.826 bits per heavy atom. The summed E-state index contributed by atoms with van der Waals surface area (Å²) in [6, 6.07) is -0.753. The number of carbonyl (C=O) groups is 1. The van der Waals surface area contributed by atoms with Crippen LogP contribution >= 0.6 is 0 Å². The van der Waals surface area contributed by atoms with Crippen molar-refractivity contribution in [3.05, 3.63) is 11.6 Å². The minimum atomic E-state index is -1.52. The Kier molecular flexibility index (Phi) is 9.50. The first-order valence-electron chi connectivity index (χ1n) is 17.3. The summed E-state index contributed by atoms with van der Waals surface area (Å²) in [6.07, 6.45) is -1.81. The van der Waals surface area contributed by atoms with E-state index in [4.69, 9.17) is 29.4 Å². The lowest BCUT2D eigenvalue weighted by molar-refractivity contribution is -0.344. The van der Waals surface area contributed by atoms with Gasteiger partial charge in [-0.15, -0.1) is 0 Å². The van der Waals surface area contributed by atoms with Crippen molar-refractivity contribution in [2.45, 2.75) is 159 Å². The number of cyclic esters (lactones) is 1. The van der Waals surface area contributed by atoms with E-state index in [9.17, 15) is 30.3 Å². The molecule has 0 aromatic heterocycles. The summed E-state index contributed by atoms with van der Waals surface area (Å²) in [5.41, 5.74) is 6.29. The van der Waals surface area contributed by atoms with Crippen molar-refractivity contribution < 1.29 is 54.0 Å². The fraction of sp³-hybridized carbons (Fsp3) is 0.912. The molecule has 0 bridgehead atoms. The summed E-state index contributed by atoms with van der Waals surface area (Å²) in [7, 11) is 0. The molecule has 46 heavy (non-hydrogen) atoms. The van der Waals surface area contributed by atoms with Gasteiger partial charge in [-0.25, -0.2) is 4.79 Å². The van der Waals surface area contributed by atoms with Gasteiger partial charge in [-0.3, -0.25) is 0 Å². The normalized spacial score (nSPS) is 54.7. The summed E-state index contributed by atoms with van der Waals surface area (Å²) in [4.78, 5) is 11.8. The molecule has 0 aromatic rings. The first kappa shape index (κ1) is 34.7. The Bertz CT molecular complexity index is 1160. The lowest BCUT2D eigenvalue weighted by Crippen LogP contribution is -2.65. The van der Waals surface area contributed by atoms with Crippen molar-refractivity contribution in [1.82, 2.24) is 0 Å². The predicted octanol–water partition coefficient (Wildman–Crippen LogP) is 1.27. The molecule has 12 heteroatoms. The highest BCUT2D eigenvalue weighted by molar-refractivity contribution is 5.85. The van der Waals surface area contributed by atoms with Crippen LogP contribution in [-0.2, 0) is 28.5 Å². The summed E-state index contributed by atoms with van der Waals surface area (Å²) in [5, 5.41) is 54.3. The topological polar surface area (TPSA) is 190 Å². The standard InChI is InChI=1S/C34H55NO11/c1-16-21(8-12-33(5)22(9-13-34(16,33)41)19-14-23(36)42-15-19)32(4)10-6-20(7-11-32)45-31-28(40)29(24(35)17(2)43-31)46-30-27(39)26(38)25(37)18(3)44-30/h14,16-18,20-22,24-31,37-41H,6-13,15,35H2,1-5H3/t16-,17?,18?,20?,21?,22-,24?,25?,26+,27+,28+,29+,30?,31?,32?,33?,34+/m1/s1. The molecule has 15 atom stereocenters. The van der Waals surface area contributed by atoms with Gasteiger partial charge in [0.25, 0.3) is 0 Å². The van der Waals surface area contributed by atoms with Crippen LogP contribution < -0.4 is 5.73 Å². The molecular formula is C34H55NO11. The minimum Gasteiger partial charge on any atom is -0.458 e. The molecule has 6 aliphatic rings. The Morgan fingerprint density at radius 2 is 1.48 bits per heavy atom. The molecule has 3 aliphatic carbocycles. The van der Waals surface area contributed by atoms with E-state index >= 15 is 0 Å². The van der Waals surface area contributed by atoms with Gasteiger partial charge in [0.15, 0.2) is 12.6 Å². The molecule has 3 aliphatic heterocycles. The van der Waals surface area contributed by atoms with E-state index in [1.54, 1.807) is 19.9 Å². The van der Waals surface area contributed by atoms with Crippen molar-refractivity contribution in [3.63, 3.8) is 0 Å². The minimum absolute atomic E-state index is 0.0179. The number of carbonyl (C=O) groups excluding carboxylic acids is 1. The molecule has 2 saturated heterocycles. The van der Waals surface area contributed by atoms with Crippen LogP contribution in [0.15, 0.2) is 11.6 Å². The Labute approximate surface area is 271 Å². The first-order valence-corrected chi connectivity index (χ1v) is 17.3. The number of hydrogen-bond acceptors (Lipinski definition) is 12. The third-order valence-electron chi connectivity index (χ3n) is 13.3. The lowest BCUT2D eigenvalue weighted by atomic mass is 9.49. The van der Waals surface area contributed by atoms with Gasteiger partial charge in [-0.05, 0) is 94.0 Å². The van der Waals surface area contributed by atoms with E-state index in [1.165, 1.54) is 0 Å². The smallest absolute Gasteiger partial charge is 0.331 e. The van der Waals surface area contributed by atoms with Crippen molar-refractivity contribution in [2.24, 2.45) is 34.3 Å². The van der Waals surface area contributed by atoms with Gasteiger partial charge in [0.2, 0.25) is 0 Å². The van der Waals surface area contributed by atoms with E-state index in [0.717, 1.165) is 56.9 Å². The van der Waals surface area contributed by atoms with Gasteiger partial charge >= 0.3 is 5.97 Å². The van der Waals surface area contributed by atoms with Crippen LogP contribution in [0.4, 0.5) is 0 Å². The molecule has 5 fully saturated rings. The molecule has 0 spiro atoms. The van der Waals surface area contributed by atoms with Gasteiger partial charge in [-0.2, -0.15) is 0 Å². The van der Waals surface area contributed by atoms with Crippen LogP contribution in [0.25, 0.3) is 0 Å². The van der Waals surface area contributed by atoms with Crippen LogP contribution in [0.3, 0.4) is 0 Å². The second-order valence-corrected chi connectivity index (χ2v) is 15.7. The Balaban J connectivity index is 1.07. The summed E-state index contributed by atoms with van der Waals surface area (Å²) in [5.74, 6) is 0.315. The van der Waals surface area contributed by atoms with Gasteiger partial charge < -0.3 is 55.0 Å². The SMILES string of the molecule is CC1OC(O[C@H]2C(N)C(C)OC(OC3CCC(C)(C4CCC5(C)[C@@H](C6=CC(=O)OC6)CC[C@]5(O)[C@@H]4C)CC3)[C@H]2O)[C@@H](O)[C@@H](O)C1O. The highest BCUT2D eigenvalue weighted by atomic mass is 16.7. The fourth-order valence-corrected chi connectivity index (χ4v) is 10.1. The van der Waals surface area contributed by atoms with E-state index in [-0.39, 0.29) is 34.7 Å². The van der Waals surface area contributed by atoms with E-state index in [2.05, 4.69) is 20.8 Å². The van der Waals surface area contributed by atoms with Gasteiger partial charge in [0.05, 0.1) is 30.0 Å². The average molecular weight is 654 g/mol. The van der Waals surface area contributed by atoms with Crippen molar-refractivity contribution in [3.8, 4) is 0 Å². The molecular weight excluding hydrogens is 598 g/mol. The number of aliphatic hydroxyl groups is 5. The van der Waals surface area contributed by atoms with Crippen LogP contribution in [-0.4, -0.2) is 111 Å². The van der Waals surface area contributed by atoms with E-state index in [1.807, 2.05) is 0 Å². The van der Waals surface area contributed by atoms with E-state index < -0.39 is 67.0 Å². The molecule has 6 rings (SSSR count). The summed E-state index contributed by atoms with van der Waals surface area (Å²) < 4.78 is 29.1. The molecule has 7 N–H and O–H groups in total. The molecule has 0 amide bonds. The maximum absolute atomic E-state index is 12.3. The first-order chi connectivity index (χ1) is 21.6. The fourth-order valence-electron chi connectivity index (χ4n) is 10.1. The summed E-state index contributed by atoms with van der Waals surface area (Å²) in [6.45, 7) is 10.4. The Morgan fingerprint density at radius 3 is 2.13 bits per heavy atom. The molecule has 0 aromatic carbocycles. The lowest BCUT2D eigenvalue weighted by Gasteiger charge is -2.58. The zero-order valence-corrected chi connectivity index (χ0v) is 27.8. The van der Waals surface area contributed by atoms with Gasteiger partial charge in [-0.1, -0.05) is 20.8 Å². The number of aliphatic hydroxyl groups excluding tert-OH is 4. The Hall–Kier alpha value is -1.19. The molecule has 0 radical (unpaired) electrons. The predicted molar refractivity (Wildman–Crippen MR) is 164 cm³/mol. The number of nitrogens with two attached hydrogens (primary N) is 1. The molecule has 3 heterocycles.